The van der Waals surface area contributed by atoms with Crippen LogP contribution in [0.3, 0.4) is 0 Å². The topological polar surface area (TPSA) is 24.1 Å². The fourth-order valence-corrected chi connectivity index (χ4v) is 2.23. The Balaban J connectivity index is 1.89. The molecule has 1 rings (SSSR count). The molecule has 3 heteroatoms. The van der Waals surface area contributed by atoms with Crippen LogP contribution >= 0.6 is 11.8 Å². The van der Waals surface area contributed by atoms with Crippen LogP contribution < -0.4 is 10.6 Å². The molecule has 0 amide bonds. The molecular weight excluding hydrogens is 216 g/mol. The zero-order valence-corrected chi connectivity index (χ0v) is 10.9. The van der Waals surface area contributed by atoms with Crippen molar-refractivity contribution < 1.29 is 0 Å². The zero-order chi connectivity index (χ0) is 11.5. The number of hydrogen-bond acceptors (Lipinski definition) is 3. The molecule has 0 aliphatic rings. The number of hydrogen-bond donors (Lipinski definition) is 2. The summed E-state index contributed by atoms with van der Waals surface area (Å²) in [5.41, 5.74) is 0. The van der Waals surface area contributed by atoms with Crippen molar-refractivity contribution in [3.8, 4) is 0 Å². The highest BCUT2D eigenvalue weighted by atomic mass is 32.2. The molecule has 0 aliphatic heterocycles. The molecule has 90 valence electrons. The zero-order valence-electron chi connectivity index (χ0n) is 10.0. The lowest BCUT2D eigenvalue weighted by Gasteiger charge is -2.05. The molecule has 0 saturated carbocycles. The van der Waals surface area contributed by atoms with Crippen molar-refractivity contribution in [2.45, 2.75) is 18.2 Å². The van der Waals surface area contributed by atoms with Crippen LogP contribution in [0.4, 0.5) is 0 Å². The molecule has 0 heterocycles. The molecular formula is C13H22N2S. The molecule has 16 heavy (non-hydrogen) atoms. The van der Waals surface area contributed by atoms with E-state index in [2.05, 4.69) is 47.9 Å². The Morgan fingerprint density at radius 3 is 2.50 bits per heavy atom. The van der Waals surface area contributed by atoms with E-state index >= 15 is 0 Å². The van der Waals surface area contributed by atoms with Gasteiger partial charge in [0.2, 0.25) is 0 Å². The van der Waals surface area contributed by atoms with Crippen molar-refractivity contribution in [2.24, 2.45) is 0 Å². The highest BCUT2D eigenvalue weighted by molar-refractivity contribution is 7.99. The fraction of sp³-hybridized carbons (Fsp3) is 0.538. The van der Waals surface area contributed by atoms with E-state index in [1.165, 1.54) is 11.3 Å². The maximum absolute atomic E-state index is 3.45. The molecule has 1 aromatic carbocycles. The molecule has 1 aromatic rings. The van der Waals surface area contributed by atoms with E-state index in [1.807, 2.05) is 11.8 Å². The third-order valence-corrected chi connectivity index (χ3v) is 3.26. The van der Waals surface area contributed by atoms with Crippen LogP contribution in [0, 0.1) is 0 Å². The maximum Gasteiger partial charge on any atom is 0.0106 e. The molecule has 0 atom stereocenters. The first-order chi connectivity index (χ1) is 7.93. The van der Waals surface area contributed by atoms with Gasteiger partial charge in [0.15, 0.2) is 0 Å². The lowest BCUT2D eigenvalue weighted by atomic mass is 10.4. The van der Waals surface area contributed by atoms with Crippen LogP contribution in [-0.4, -0.2) is 31.9 Å². The molecule has 0 radical (unpaired) electrons. The van der Waals surface area contributed by atoms with Crippen molar-refractivity contribution in [2.75, 3.05) is 31.9 Å². The molecule has 0 aliphatic carbocycles. The van der Waals surface area contributed by atoms with Gasteiger partial charge >= 0.3 is 0 Å². The summed E-state index contributed by atoms with van der Waals surface area (Å²) in [6.45, 7) is 6.54. The summed E-state index contributed by atoms with van der Waals surface area (Å²) >= 11 is 1.91. The smallest absolute Gasteiger partial charge is 0.0106 e. The third kappa shape index (κ3) is 6.88. The van der Waals surface area contributed by atoms with Crippen LogP contribution in [0.5, 0.6) is 0 Å². The SMILES string of the molecule is CCNCCCNCCSc1ccccc1. The Morgan fingerprint density at radius 2 is 1.75 bits per heavy atom. The van der Waals surface area contributed by atoms with Crippen molar-refractivity contribution in [3.63, 3.8) is 0 Å². The van der Waals surface area contributed by atoms with Gasteiger partial charge in [0.05, 0.1) is 0 Å². The summed E-state index contributed by atoms with van der Waals surface area (Å²) in [5.74, 6) is 1.14. The Hall–Kier alpha value is -0.510. The number of thioether (sulfide) groups is 1. The van der Waals surface area contributed by atoms with Gasteiger partial charge in [-0.1, -0.05) is 25.1 Å². The summed E-state index contributed by atoms with van der Waals surface area (Å²) in [7, 11) is 0. The predicted molar refractivity (Wildman–Crippen MR) is 73.2 cm³/mol. The first kappa shape index (κ1) is 13.6. The quantitative estimate of drug-likeness (QED) is 0.510. The highest BCUT2D eigenvalue weighted by Crippen LogP contribution is 2.15. The number of benzene rings is 1. The third-order valence-electron chi connectivity index (χ3n) is 2.25. The fourth-order valence-electron chi connectivity index (χ4n) is 1.40. The molecule has 0 saturated heterocycles. The predicted octanol–water partition coefficient (Wildman–Crippen LogP) is 2.37. The second-order valence-corrected chi connectivity index (χ2v) is 4.79. The first-order valence-electron chi connectivity index (χ1n) is 6.02. The highest BCUT2D eigenvalue weighted by Gasteiger charge is 1.92. The second-order valence-electron chi connectivity index (χ2n) is 3.62. The lowest BCUT2D eigenvalue weighted by molar-refractivity contribution is 0.621. The number of nitrogens with one attached hydrogen (secondary N) is 2. The molecule has 2 nitrogen and oxygen atoms in total. The maximum atomic E-state index is 3.45. The van der Waals surface area contributed by atoms with Gasteiger partial charge in [-0.2, -0.15) is 0 Å². The van der Waals surface area contributed by atoms with Crippen molar-refractivity contribution in [1.29, 1.82) is 0 Å². The Kier molecular flexibility index (Phi) is 8.22. The van der Waals surface area contributed by atoms with Crippen LogP contribution in [0.2, 0.25) is 0 Å². The van der Waals surface area contributed by atoms with Gasteiger partial charge in [-0.25, -0.2) is 0 Å². The van der Waals surface area contributed by atoms with Crippen LogP contribution in [0.1, 0.15) is 13.3 Å². The van der Waals surface area contributed by atoms with Gasteiger partial charge in [0, 0.05) is 17.2 Å². The normalized spacial score (nSPS) is 10.6. The largest absolute Gasteiger partial charge is 0.317 e. The molecule has 0 aromatic heterocycles. The average molecular weight is 238 g/mol. The van der Waals surface area contributed by atoms with Crippen LogP contribution in [0.15, 0.2) is 35.2 Å². The lowest BCUT2D eigenvalue weighted by Crippen LogP contribution is -2.23. The minimum atomic E-state index is 1.07. The molecule has 0 fully saturated rings. The van der Waals surface area contributed by atoms with Gasteiger partial charge in [0.1, 0.15) is 0 Å². The van der Waals surface area contributed by atoms with Crippen molar-refractivity contribution >= 4 is 11.8 Å². The average Bonchev–Trinajstić information content (AvgIpc) is 2.34. The number of rotatable bonds is 9. The van der Waals surface area contributed by atoms with Crippen LogP contribution in [0.25, 0.3) is 0 Å². The van der Waals surface area contributed by atoms with Gasteiger partial charge < -0.3 is 10.6 Å². The van der Waals surface area contributed by atoms with Gasteiger partial charge in [-0.3, -0.25) is 0 Å². The summed E-state index contributed by atoms with van der Waals surface area (Å²) in [5, 5.41) is 6.77. The minimum absolute atomic E-state index is 1.07. The van der Waals surface area contributed by atoms with E-state index in [9.17, 15) is 0 Å². The molecule has 2 N–H and O–H groups in total. The van der Waals surface area contributed by atoms with Gasteiger partial charge in [-0.15, -0.1) is 11.8 Å². The summed E-state index contributed by atoms with van der Waals surface area (Å²) in [4.78, 5) is 1.36. The van der Waals surface area contributed by atoms with Crippen LogP contribution in [-0.2, 0) is 0 Å². The van der Waals surface area contributed by atoms with E-state index in [-0.39, 0.29) is 0 Å². The minimum Gasteiger partial charge on any atom is -0.317 e. The van der Waals surface area contributed by atoms with Gasteiger partial charge in [-0.05, 0) is 38.2 Å². The first-order valence-corrected chi connectivity index (χ1v) is 7.01. The Labute approximate surface area is 103 Å². The molecule has 0 spiro atoms. The van der Waals surface area contributed by atoms with E-state index < -0.39 is 0 Å². The Morgan fingerprint density at radius 1 is 1.00 bits per heavy atom. The second kappa shape index (κ2) is 9.70. The van der Waals surface area contributed by atoms with Crippen molar-refractivity contribution in [1.82, 2.24) is 10.6 Å². The monoisotopic (exact) mass is 238 g/mol. The standard InChI is InChI=1S/C13H22N2S/c1-2-14-9-6-10-15-11-12-16-13-7-4-3-5-8-13/h3-5,7-8,14-15H,2,6,9-12H2,1H3. The molecule has 0 bridgehead atoms. The van der Waals surface area contributed by atoms with Gasteiger partial charge in [0.25, 0.3) is 0 Å². The van der Waals surface area contributed by atoms with E-state index in [0.717, 1.165) is 31.9 Å². The van der Waals surface area contributed by atoms with E-state index in [1.54, 1.807) is 0 Å². The summed E-state index contributed by atoms with van der Waals surface area (Å²) < 4.78 is 0. The summed E-state index contributed by atoms with van der Waals surface area (Å²) in [6, 6.07) is 10.6. The Bertz CT molecular complexity index is 251. The summed E-state index contributed by atoms with van der Waals surface area (Å²) in [6.07, 6.45) is 1.21. The van der Waals surface area contributed by atoms with E-state index in [0.29, 0.717) is 0 Å². The molecule has 0 unspecified atom stereocenters. The van der Waals surface area contributed by atoms with E-state index in [4.69, 9.17) is 0 Å². The van der Waals surface area contributed by atoms with Crippen molar-refractivity contribution in [3.05, 3.63) is 30.3 Å².